The number of phenols is 1. The molecule has 2 N–H and O–H groups in total. The highest BCUT2D eigenvalue weighted by Gasteiger charge is 2.22. The summed E-state index contributed by atoms with van der Waals surface area (Å²) in [7, 11) is 0. The zero-order chi connectivity index (χ0) is 13.0. The third-order valence-corrected chi connectivity index (χ3v) is 3.71. The maximum absolute atomic E-state index is 9.89. The third kappa shape index (κ3) is 3.37. The minimum atomic E-state index is 0.339. The number of hydrogen-bond acceptors (Lipinski definition) is 3. The van der Waals surface area contributed by atoms with Gasteiger partial charge in [0.15, 0.2) is 0 Å². The van der Waals surface area contributed by atoms with E-state index >= 15 is 0 Å². The first-order valence-corrected chi connectivity index (χ1v) is 7.00. The molecule has 2 rings (SSSR count). The van der Waals surface area contributed by atoms with Crippen LogP contribution in [0.4, 0.5) is 0 Å². The van der Waals surface area contributed by atoms with Gasteiger partial charge in [0.25, 0.3) is 0 Å². The van der Waals surface area contributed by atoms with Crippen molar-refractivity contribution < 1.29 is 5.11 Å². The van der Waals surface area contributed by atoms with E-state index in [0.29, 0.717) is 16.8 Å². The summed E-state index contributed by atoms with van der Waals surface area (Å²) in [6, 6.07) is 5.83. The molecule has 1 heterocycles. The fraction of sp³-hybridized carbons (Fsp3) is 0.571. The molecule has 1 aliphatic rings. The van der Waals surface area contributed by atoms with Crippen molar-refractivity contribution in [1.29, 1.82) is 0 Å². The average molecular weight is 269 g/mol. The SMILES string of the molecule is CCCN(Cc1cc(Cl)ccc1O)C1CCNC1. The normalized spacial score (nSPS) is 19.6. The van der Waals surface area contributed by atoms with Crippen molar-refractivity contribution in [1.82, 2.24) is 10.2 Å². The van der Waals surface area contributed by atoms with E-state index in [1.54, 1.807) is 12.1 Å². The van der Waals surface area contributed by atoms with Crippen LogP contribution in [0.25, 0.3) is 0 Å². The first-order chi connectivity index (χ1) is 8.70. The van der Waals surface area contributed by atoms with Crippen LogP contribution in [0.1, 0.15) is 25.3 Å². The summed E-state index contributed by atoms with van der Waals surface area (Å²) in [4.78, 5) is 2.44. The summed E-state index contributed by atoms with van der Waals surface area (Å²) in [5.41, 5.74) is 0.919. The number of nitrogens with one attached hydrogen (secondary N) is 1. The molecule has 1 aliphatic heterocycles. The number of hydrogen-bond donors (Lipinski definition) is 2. The summed E-state index contributed by atoms with van der Waals surface area (Å²) in [5, 5.41) is 14.0. The molecule has 3 nitrogen and oxygen atoms in total. The predicted octanol–water partition coefficient (Wildman–Crippen LogP) is 2.62. The number of aromatic hydroxyl groups is 1. The van der Waals surface area contributed by atoms with Crippen molar-refractivity contribution in [3.8, 4) is 5.75 Å². The van der Waals surface area contributed by atoms with Gasteiger partial charge < -0.3 is 10.4 Å². The molecule has 0 aromatic heterocycles. The van der Waals surface area contributed by atoms with Gasteiger partial charge in [0.1, 0.15) is 5.75 Å². The van der Waals surface area contributed by atoms with Gasteiger partial charge in [0.05, 0.1) is 0 Å². The Morgan fingerprint density at radius 3 is 3.00 bits per heavy atom. The average Bonchev–Trinajstić information content (AvgIpc) is 2.87. The molecule has 18 heavy (non-hydrogen) atoms. The number of nitrogens with zero attached hydrogens (tertiary/aromatic N) is 1. The van der Waals surface area contributed by atoms with Gasteiger partial charge in [-0.1, -0.05) is 18.5 Å². The van der Waals surface area contributed by atoms with Crippen LogP contribution in [0.2, 0.25) is 5.02 Å². The number of phenolic OH excluding ortho intramolecular Hbond substituents is 1. The van der Waals surface area contributed by atoms with E-state index in [1.165, 1.54) is 6.42 Å². The molecule has 0 spiro atoms. The topological polar surface area (TPSA) is 35.5 Å². The standard InChI is InChI=1S/C14H21ClN2O/c1-2-7-17(13-5-6-16-9-13)10-11-8-12(15)3-4-14(11)18/h3-4,8,13,16,18H,2,5-7,9-10H2,1H3. The number of benzene rings is 1. The molecular formula is C14H21ClN2O. The molecule has 0 aliphatic carbocycles. The smallest absolute Gasteiger partial charge is 0.120 e. The molecule has 1 aromatic rings. The monoisotopic (exact) mass is 268 g/mol. The Balaban J connectivity index is 2.09. The molecule has 1 fully saturated rings. The third-order valence-electron chi connectivity index (χ3n) is 3.48. The Hall–Kier alpha value is -0.770. The Labute approximate surface area is 114 Å². The van der Waals surface area contributed by atoms with Crippen molar-refractivity contribution in [2.45, 2.75) is 32.4 Å². The molecular weight excluding hydrogens is 248 g/mol. The molecule has 0 radical (unpaired) electrons. The Kier molecular flexibility index (Phi) is 4.87. The fourth-order valence-electron chi connectivity index (χ4n) is 2.53. The minimum Gasteiger partial charge on any atom is -0.508 e. The lowest BCUT2D eigenvalue weighted by Crippen LogP contribution is -2.36. The van der Waals surface area contributed by atoms with Crippen LogP contribution in [-0.4, -0.2) is 35.7 Å². The molecule has 0 amide bonds. The second-order valence-electron chi connectivity index (χ2n) is 4.89. The lowest BCUT2D eigenvalue weighted by atomic mass is 10.1. The maximum Gasteiger partial charge on any atom is 0.120 e. The van der Waals surface area contributed by atoms with Gasteiger partial charge in [-0.15, -0.1) is 0 Å². The summed E-state index contributed by atoms with van der Waals surface area (Å²) < 4.78 is 0. The Morgan fingerprint density at radius 2 is 2.33 bits per heavy atom. The molecule has 0 saturated carbocycles. The fourth-order valence-corrected chi connectivity index (χ4v) is 2.72. The number of rotatable bonds is 5. The van der Waals surface area contributed by atoms with E-state index in [2.05, 4.69) is 17.1 Å². The largest absolute Gasteiger partial charge is 0.508 e. The molecule has 0 bridgehead atoms. The van der Waals surface area contributed by atoms with E-state index in [-0.39, 0.29) is 0 Å². The van der Waals surface area contributed by atoms with Crippen LogP contribution < -0.4 is 5.32 Å². The molecule has 1 aromatic carbocycles. The highest BCUT2D eigenvalue weighted by molar-refractivity contribution is 6.30. The summed E-state index contributed by atoms with van der Waals surface area (Å²) >= 11 is 6.00. The van der Waals surface area contributed by atoms with Gasteiger partial charge in [0, 0.05) is 29.7 Å². The van der Waals surface area contributed by atoms with Crippen molar-refractivity contribution in [3.05, 3.63) is 28.8 Å². The van der Waals surface area contributed by atoms with E-state index in [9.17, 15) is 5.11 Å². The second kappa shape index (κ2) is 6.41. The number of halogens is 1. The van der Waals surface area contributed by atoms with Gasteiger partial charge in [-0.25, -0.2) is 0 Å². The van der Waals surface area contributed by atoms with Gasteiger partial charge >= 0.3 is 0 Å². The zero-order valence-electron chi connectivity index (χ0n) is 10.8. The summed E-state index contributed by atoms with van der Waals surface area (Å²) in [6.45, 7) is 6.14. The highest BCUT2D eigenvalue weighted by atomic mass is 35.5. The molecule has 100 valence electrons. The van der Waals surface area contributed by atoms with E-state index in [1.807, 2.05) is 6.07 Å². The Morgan fingerprint density at radius 1 is 1.50 bits per heavy atom. The molecule has 1 saturated heterocycles. The first-order valence-electron chi connectivity index (χ1n) is 6.63. The van der Waals surface area contributed by atoms with Crippen LogP contribution in [0.5, 0.6) is 5.75 Å². The van der Waals surface area contributed by atoms with Crippen LogP contribution in [0.15, 0.2) is 18.2 Å². The van der Waals surface area contributed by atoms with Crippen molar-refractivity contribution in [3.63, 3.8) is 0 Å². The summed E-state index contributed by atoms with van der Waals surface area (Å²) in [5.74, 6) is 0.339. The Bertz CT molecular complexity index is 391. The minimum absolute atomic E-state index is 0.339. The van der Waals surface area contributed by atoms with Gasteiger partial charge in [-0.2, -0.15) is 0 Å². The van der Waals surface area contributed by atoms with Crippen LogP contribution in [-0.2, 0) is 6.54 Å². The molecule has 1 unspecified atom stereocenters. The summed E-state index contributed by atoms with van der Waals surface area (Å²) in [6.07, 6.45) is 2.30. The van der Waals surface area contributed by atoms with Crippen LogP contribution in [0, 0.1) is 0 Å². The van der Waals surface area contributed by atoms with E-state index in [4.69, 9.17) is 11.6 Å². The maximum atomic E-state index is 9.89. The van der Waals surface area contributed by atoms with Crippen LogP contribution >= 0.6 is 11.6 Å². The van der Waals surface area contributed by atoms with Crippen molar-refractivity contribution in [2.24, 2.45) is 0 Å². The lowest BCUT2D eigenvalue weighted by Gasteiger charge is -2.28. The lowest BCUT2D eigenvalue weighted by molar-refractivity contribution is 0.197. The quantitative estimate of drug-likeness (QED) is 0.862. The van der Waals surface area contributed by atoms with Crippen LogP contribution in [0.3, 0.4) is 0 Å². The first kappa shape index (κ1) is 13.7. The molecule has 4 heteroatoms. The van der Waals surface area contributed by atoms with Crippen molar-refractivity contribution >= 4 is 11.6 Å². The van der Waals surface area contributed by atoms with E-state index in [0.717, 1.165) is 38.2 Å². The van der Waals surface area contributed by atoms with E-state index < -0.39 is 0 Å². The van der Waals surface area contributed by atoms with Gasteiger partial charge in [-0.05, 0) is 44.1 Å². The van der Waals surface area contributed by atoms with Crippen molar-refractivity contribution in [2.75, 3.05) is 19.6 Å². The van der Waals surface area contributed by atoms with Gasteiger partial charge in [0.2, 0.25) is 0 Å². The zero-order valence-corrected chi connectivity index (χ0v) is 11.6. The second-order valence-corrected chi connectivity index (χ2v) is 5.33. The highest BCUT2D eigenvalue weighted by Crippen LogP contribution is 2.24. The van der Waals surface area contributed by atoms with Gasteiger partial charge in [-0.3, -0.25) is 4.90 Å². The molecule has 1 atom stereocenters. The predicted molar refractivity (Wildman–Crippen MR) is 75.1 cm³/mol.